The fraction of sp³-hybridized carbons (Fsp3) is 0.632. The Balaban J connectivity index is 1.84. The normalized spacial score (nSPS) is 16.8. The van der Waals surface area contributed by atoms with Crippen molar-refractivity contribution in [3.05, 3.63) is 35.4 Å². The van der Waals surface area contributed by atoms with Crippen LogP contribution in [0.25, 0.3) is 0 Å². The third kappa shape index (κ3) is 6.79. The van der Waals surface area contributed by atoms with E-state index in [-0.39, 0.29) is 18.5 Å². The van der Waals surface area contributed by atoms with E-state index in [4.69, 9.17) is 4.74 Å². The van der Waals surface area contributed by atoms with Crippen LogP contribution in [0.4, 0.5) is 0 Å². The Morgan fingerprint density at radius 1 is 1.26 bits per heavy atom. The molecule has 0 unspecified atom stereocenters. The first-order chi connectivity index (χ1) is 12.8. The predicted molar refractivity (Wildman–Crippen MR) is 109 cm³/mol. The molecular weight excluding hydrogens is 364 g/mol. The number of hydrogen-bond donors (Lipinski definition) is 1. The minimum absolute atomic E-state index is 0.0332. The zero-order valence-electron chi connectivity index (χ0n) is 16.8. The standard InChI is InChI=1S/C19H32N4O3S/c1-16(2)26-12-13-27(24,25)23-10-8-22(9-11-23)19(20-4)21-15-18-7-5-6-17(3)14-18/h5-7,14,16H,8-13,15H2,1-4H3,(H,20,21). The number of sulfonamides is 1. The second-order valence-corrected chi connectivity index (χ2v) is 9.10. The molecule has 7 nitrogen and oxygen atoms in total. The molecule has 2 rings (SSSR count). The molecule has 0 bridgehead atoms. The first-order valence-electron chi connectivity index (χ1n) is 9.42. The van der Waals surface area contributed by atoms with Gasteiger partial charge in [-0.3, -0.25) is 4.99 Å². The van der Waals surface area contributed by atoms with Crippen LogP contribution >= 0.6 is 0 Å². The van der Waals surface area contributed by atoms with Gasteiger partial charge >= 0.3 is 0 Å². The topological polar surface area (TPSA) is 74.2 Å². The number of hydrogen-bond acceptors (Lipinski definition) is 4. The van der Waals surface area contributed by atoms with Crippen molar-refractivity contribution < 1.29 is 13.2 Å². The molecule has 0 atom stereocenters. The van der Waals surface area contributed by atoms with Crippen molar-refractivity contribution in [3.63, 3.8) is 0 Å². The van der Waals surface area contributed by atoms with Crippen LogP contribution in [0, 0.1) is 6.92 Å². The number of piperazine rings is 1. The summed E-state index contributed by atoms with van der Waals surface area (Å²) in [6, 6.07) is 8.34. The van der Waals surface area contributed by atoms with Crippen molar-refractivity contribution in [2.24, 2.45) is 4.99 Å². The van der Waals surface area contributed by atoms with Crippen LogP contribution in [-0.4, -0.2) is 75.3 Å². The fourth-order valence-electron chi connectivity index (χ4n) is 3.03. The third-order valence-electron chi connectivity index (χ3n) is 4.47. The Morgan fingerprint density at radius 3 is 2.56 bits per heavy atom. The molecule has 1 aliphatic heterocycles. The first-order valence-corrected chi connectivity index (χ1v) is 11.0. The van der Waals surface area contributed by atoms with Crippen LogP contribution < -0.4 is 5.32 Å². The average Bonchev–Trinajstić information content (AvgIpc) is 2.62. The Hall–Kier alpha value is -1.64. The summed E-state index contributed by atoms with van der Waals surface area (Å²) >= 11 is 0. The first kappa shape index (κ1) is 21.7. The molecule has 152 valence electrons. The van der Waals surface area contributed by atoms with E-state index in [9.17, 15) is 8.42 Å². The zero-order chi connectivity index (χ0) is 19.9. The molecule has 0 saturated carbocycles. The van der Waals surface area contributed by atoms with Crippen LogP contribution in [0.5, 0.6) is 0 Å². The van der Waals surface area contributed by atoms with E-state index in [1.54, 1.807) is 11.4 Å². The lowest BCUT2D eigenvalue weighted by Crippen LogP contribution is -2.54. The Labute approximate surface area is 163 Å². The van der Waals surface area contributed by atoms with Gasteiger partial charge in [-0.25, -0.2) is 8.42 Å². The number of aliphatic imine (C=N–C) groups is 1. The summed E-state index contributed by atoms with van der Waals surface area (Å²) in [4.78, 5) is 6.45. The van der Waals surface area contributed by atoms with Crippen molar-refractivity contribution >= 4 is 16.0 Å². The Bertz CT molecular complexity index is 726. The van der Waals surface area contributed by atoms with Gasteiger partial charge in [0.1, 0.15) is 0 Å². The Morgan fingerprint density at radius 2 is 1.96 bits per heavy atom. The summed E-state index contributed by atoms with van der Waals surface area (Å²) in [5, 5.41) is 3.37. The fourth-order valence-corrected chi connectivity index (χ4v) is 4.32. The van der Waals surface area contributed by atoms with E-state index in [2.05, 4.69) is 40.3 Å². The molecule has 0 amide bonds. The molecule has 1 aromatic rings. The van der Waals surface area contributed by atoms with E-state index in [0.717, 1.165) is 5.96 Å². The van der Waals surface area contributed by atoms with Crippen LogP contribution in [-0.2, 0) is 21.3 Å². The monoisotopic (exact) mass is 396 g/mol. The quantitative estimate of drug-likeness (QED) is 0.558. The number of nitrogens with one attached hydrogen (secondary N) is 1. The molecule has 1 heterocycles. The highest BCUT2D eigenvalue weighted by molar-refractivity contribution is 7.89. The maximum atomic E-state index is 12.4. The van der Waals surface area contributed by atoms with Crippen molar-refractivity contribution in [2.75, 3.05) is 45.6 Å². The number of nitrogens with zero attached hydrogens (tertiary/aromatic N) is 3. The van der Waals surface area contributed by atoms with Gasteiger partial charge in [-0.1, -0.05) is 29.8 Å². The lowest BCUT2D eigenvalue weighted by molar-refractivity contribution is 0.0904. The molecule has 0 aliphatic carbocycles. The van der Waals surface area contributed by atoms with Gasteiger partial charge < -0.3 is 15.0 Å². The van der Waals surface area contributed by atoms with E-state index in [1.165, 1.54) is 11.1 Å². The summed E-state index contributed by atoms with van der Waals surface area (Å²) in [5.74, 6) is 0.836. The SMILES string of the molecule is CN=C(NCc1cccc(C)c1)N1CCN(S(=O)(=O)CCOC(C)C)CC1. The summed E-state index contributed by atoms with van der Waals surface area (Å²) in [6.45, 7) is 8.99. The number of benzene rings is 1. The number of aryl methyl sites for hydroxylation is 1. The van der Waals surface area contributed by atoms with Gasteiger partial charge in [-0.15, -0.1) is 0 Å². The Kier molecular flexibility index (Phi) is 8.07. The van der Waals surface area contributed by atoms with Gasteiger partial charge in [0.2, 0.25) is 10.0 Å². The molecule has 0 aromatic heterocycles. The van der Waals surface area contributed by atoms with Crippen molar-refractivity contribution in [1.82, 2.24) is 14.5 Å². The number of guanidine groups is 1. The van der Waals surface area contributed by atoms with Crippen LogP contribution in [0.3, 0.4) is 0 Å². The van der Waals surface area contributed by atoms with Gasteiger partial charge in [0, 0.05) is 39.8 Å². The smallest absolute Gasteiger partial charge is 0.216 e. The lowest BCUT2D eigenvalue weighted by Gasteiger charge is -2.35. The van der Waals surface area contributed by atoms with Gasteiger partial charge in [-0.2, -0.15) is 4.31 Å². The van der Waals surface area contributed by atoms with Gasteiger partial charge in [0.15, 0.2) is 5.96 Å². The molecule has 1 fully saturated rings. The predicted octanol–water partition coefficient (Wildman–Crippen LogP) is 1.44. The molecule has 8 heteroatoms. The second kappa shape index (κ2) is 10.1. The van der Waals surface area contributed by atoms with Crippen molar-refractivity contribution in [3.8, 4) is 0 Å². The largest absolute Gasteiger partial charge is 0.378 e. The highest BCUT2D eigenvalue weighted by Gasteiger charge is 2.27. The molecule has 1 saturated heterocycles. The zero-order valence-corrected chi connectivity index (χ0v) is 17.6. The maximum absolute atomic E-state index is 12.4. The van der Waals surface area contributed by atoms with Crippen LogP contribution in [0.1, 0.15) is 25.0 Å². The van der Waals surface area contributed by atoms with Crippen LogP contribution in [0.2, 0.25) is 0 Å². The van der Waals surface area contributed by atoms with E-state index < -0.39 is 10.0 Å². The third-order valence-corrected chi connectivity index (χ3v) is 6.30. The molecule has 1 N–H and O–H groups in total. The van der Waals surface area contributed by atoms with Crippen molar-refractivity contribution in [2.45, 2.75) is 33.4 Å². The van der Waals surface area contributed by atoms with E-state index in [0.29, 0.717) is 32.7 Å². The minimum atomic E-state index is -3.27. The summed E-state index contributed by atoms with van der Waals surface area (Å²) < 4.78 is 31.8. The number of rotatable bonds is 7. The van der Waals surface area contributed by atoms with E-state index in [1.807, 2.05) is 19.9 Å². The molecular formula is C19H32N4O3S. The highest BCUT2D eigenvalue weighted by atomic mass is 32.2. The molecule has 0 radical (unpaired) electrons. The molecule has 1 aromatic carbocycles. The van der Waals surface area contributed by atoms with Gasteiger partial charge in [0.25, 0.3) is 0 Å². The summed E-state index contributed by atoms with van der Waals surface area (Å²) in [7, 11) is -1.52. The lowest BCUT2D eigenvalue weighted by atomic mass is 10.1. The van der Waals surface area contributed by atoms with Crippen molar-refractivity contribution in [1.29, 1.82) is 0 Å². The maximum Gasteiger partial charge on any atom is 0.216 e. The van der Waals surface area contributed by atoms with E-state index >= 15 is 0 Å². The number of ether oxygens (including phenoxy) is 1. The summed E-state index contributed by atoms with van der Waals surface area (Å²) in [5.41, 5.74) is 2.42. The highest BCUT2D eigenvalue weighted by Crippen LogP contribution is 2.10. The molecule has 0 spiro atoms. The minimum Gasteiger partial charge on any atom is -0.378 e. The average molecular weight is 397 g/mol. The van der Waals surface area contributed by atoms with Gasteiger partial charge in [0.05, 0.1) is 18.5 Å². The second-order valence-electron chi connectivity index (χ2n) is 7.01. The summed E-state index contributed by atoms with van der Waals surface area (Å²) in [6.07, 6.45) is 0.0415. The molecule has 1 aliphatic rings. The van der Waals surface area contributed by atoms with Crippen LogP contribution in [0.15, 0.2) is 29.3 Å². The van der Waals surface area contributed by atoms with Gasteiger partial charge in [-0.05, 0) is 26.3 Å². The molecule has 27 heavy (non-hydrogen) atoms.